The van der Waals surface area contributed by atoms with E-state index in [1.807, 2.05) is 0 Å². The summed E-state index contributed by atoms with van der Waals surface area (Å²) in [5.74, 6) is 0.687. The van der Waals surface area contributed by atoms with Crippen molar-refractivity contribution in [1.82, 2.24) is 0 Å². The molecule has 0 heterocycles. The van der Waals surface area contributed by atoms with Gasteiger partial charge in [0.2, 0.25) is 0 Å². The van der Waals surface area contributed by atoms with Crippen LogP contribution >= 0.6 is 39.9 Å². The lowest BCUT2D eigenvalue weighted by Crippen LogP contribution is -2.23. The number of rotatable bonds is 2. The van der Waals surface area contributed by atoms with Crippen LogP contribution in [0.4, 0.5) is 0 Å². The van der Waals surface area contributed by atoms with E-state index in [9.17, 15) is 5.11 Å². The second-order valence-electron chi connectivity index (χ2n) is 4.75. The fraction of sp³-hybridized carbons (Fsp3) is 0.538. The lowest BCUT2D eigenvalue weighted by molar-refractivity contribution is 0.303. The minimum atomic E-state index is -0.120. The zero-order valence-corrected chi connectivity index (χ0v) is 13.2. The van der Waals surface area contributed by atoms with E-state index in [1.165, 1.54) is 19.3 Å². The molecule has 0 radical (unpaired) electrons. The first kappa shape index (κ1) is 16.1. The molecule has 0 aromatic heterocycles. The number of halogens is 3. The molecule has 1 saturated carbocycles. The number of aromatic hydroxyl groups is 1. The summed E-state index contributed by atoms with van der Waals surface area (Å²) in [6.45, 7) is 0. The van der Waals surface area contributed by atoms with Gasteiger partial charge in [0, 0.05) is 16.6 Å². The highest BCUT2D eigenvalue weighted by molar-refractivity contribution is 9.10. The van der Waals surface area contributed by atoms with Crippen molar-refractivity contribution >= 4 is 39.9 Å². The maximum absolute atomic E-state index is 10.0. The molecule has 1 aromatic carbocycles. The molecule has 1 aliphatic rings. The Balaban J connectivity index is 0.00000162. The summed E-state index contributed by atoms with van der Waals surface area (Å²) in [5, 5.41) is 10.6. The van der Waals surface area contributed by atoms with Crippen LogP contribution in [0.15, 0.2) is 16.6 Å². The third-order valence-electron chi connectivity index (χ3n) is 3.57. The van der Waals surface area contributed by atoms with Crippen LogP contribution in [0.25, 0.3) is 0 Å². The van der Waals surface area contributed by atoms with Crippen molar-refractivity contribution in [3.05, 3.63) is 27.2 Å². The number of benzene rings is 1. The quantitative estimate of drug-likeness (QED) is 0.800. The van der Waals surface area contributed by atoms with Crippen LogP contribution < -0.4 is 5.73 Å². The first-order chi connectivity index (χ1) is 8.09. The molecule has 2 rings (SSSR count). The highest BCUT2D eigenvalue weighted by atomic mass is 79.9. The molecule has 0 aliphatic heterocycles. The molecular formula is C13H18BrCl2NO. The predicted octanol–water partition coefficient (Wildman–Crippen LogP) is 4.81. The van der Waals surface area contributed by atoms with Gasteiger partial charge in [0.1, 0.15) is 5.75 Å². The fourth-order valence-corrected chi connectivity index (χ4v) is 3.42. The van der Waals surface area contributed by atoms with Crippen molar-refractivity contribution < 1.29 is 5.11 Å². The monoisotopic (exact) mass is 353 g/mol. The molecule has 1 fully saturated rings. The molecule has 2 nitrogen and oxygen atoms in total. The Hall–Kier alpha value is 0.0400. The Morgan fingerprint density at radius 3 is 2.50 bits per heavy atom. The van der Waals surface area contributed by atoms with Crippen LogP contribution in [0.3, 0.4) is 0 Å². The predicted molar refractivity (Wildman–Crippen MR) is 81.6 cm³/mol. The molecule has 0 amide bonds. The molecule has 0 unspecified atom stereocenters. The molecule has 3 N–H and O–H groups in total. The summed E-state index contributed by atoms with van der Waals surface area (Å²) in [4.78, 5) is 0. The Bertz CT molecular complexity index is 408. The molecule has 0 bridgehead atoms. The highest BCUT2D eigenvalue weighted by Crippen LogP contribution is 2.40. The van der Waals surface area contributed by atoms with E-state index in [1.54, 1.807) is 12.1 Å². The highest BCUT2D eigenvalue weighted by Gasteiger charge is 2.24. The van der Waals surface area contributed by atoms with Gasteiger partial charge in [-0.15, -0.1) is 12.4 Å². The van der Waals surface area contributed by atoms with E-state index in [0.29, 0.717) is 15.4 Å². The molecular weight excluding hydrogens is 337 g/mol. The molecule has 0 saturated heterocycles. The first-order valence-electron chi connectivity index (χ1n) is 6.03. The Morgan fingerprint density at radius 1 is 1.28 bits per heavy atom. The van der Waals surface area contributed by atoms with Crippen LogP contribution in [0.2, 0.25) is 5.02 Å². The normalized spacial score (nSPS) is 18.2. The number of phenols is 1. The van der Waals surface area contributed by atoms with Gasteiger partial charge >= 0.3 is 0 Å². The lowest BCUT2D eigenvalue weighted by Gasteiger charge is -2.28. The molecule has 18 heavy (non-hydrogen) atoms. The van der Waals surface area contributed by atoms with E-state index >= 15 is 0 Å². The van der Waals surface area contributed by atoms with Gasteiger partial charge < -0.3 is 10.8 Å². The van der Waals surface area contributed by atoms with Crippen LogP contribution in [0.1, 0.15) is 43.7 Å². The van der Waals surface area contributed by atoms with Gasteiger partial charge in [-0.25, -0.2) is 0 Å². The topological polar surface area (TPSA) is 46.2 Å². The number of phenolic OH excluding ortho intramolecular Hbond substituents is 1. The summed E-state index contributed by atoms with van der Waals surface area (Å²) >= 11 is 9.31. The first-order valence-corrected chi connectivity index (χ1v) is 7.20. The van der Waals surface area contributed by atoms with Gasteiger partial charge in [-0.05, 0) is 46.8 Å². The second-order valence-corrected chi connectivity index (χ2v) is 6.04. The van der Waals surface area contributed by atoms with Crippen molar-refractivity contribution in [3.63, 3.8) is 0 Å². The Labute approximate surface area is 127 Å². The van der Waals surface area contributed by atoms with Gasteiger partial charge in [-0.3, -0.25) is 0 Å². The van der Waals surface area contributed by atoms with Crippen molar-refractivity contribution in [3.8, 4) is 5.75 Å². The van der Waals surface area contributed by atoms with Crippen molar-refractivity contribution in [2.75, 3.05) is 0 Å². The summed E-state index contributed by atoms with van der Waals surface area (Å²) in [7, 11) is 0. The van der Waals surface area contributed by atoms with Crippen LogP contribution in [0.5, 0.6) is 5.75 Å². The molecule has 0 spiro atoms. The van der Waals surface area contributed by atoms with Crippen LogP contribution in [-0.2, 0) is 0 Å². The standard InChI is InChI=1S/C13H17BrClNO.ClH/c14-11-7-9(15)6-10(13(11)17)12(16)8-4-2-1-3-5-8;/h6-8,12,17H,1-5,16H2;1H/t12-;/m1./s1. The number of hydrogen-bond acceptors (Lipinski definition) is 2. The van der Waals surface area contributed by atoms with E-state index in [-0.39, 0.29) is 24.2 Å². The van der Waals surface area contributed by atoms with Crippen LogP contribution in [0, 0.1) is 5.92 Å². The maximum Gasteiger partial charge on any atom is 0.134 e. The van der Waals surface area contributed by atoms with Gasteiger partial charge in [-0.2, -0.15) is 0 Å². The second kappa shape index (κ2) is 6.99. The summed E-state index contributed by atoms with van der Waals surface area (Å²) < 4.78 is 0.617. The minimum Gasteiger partial charge on any atom is -0.506 e. The summed E-state index contributed by atoms with van der Waals surface area (Å²) in [6.07, 6.45) is 6.06. The van der Waals surface area contributed by atoms with E-state index < -0.39 is 0 Å². The van der Waals surface area contributed by atoms with Gasteiger partial charge in [-0.1, -0.05) is 30.9 Å². The summed E-state index contributed by atoms with van der Waals surface area (Å²) in [5.41, 5.74) is 7.03. The van der Waals surface area contributed by atoms with Crippen molar-refractivity contribution in [2.24, 2.45) is 11.7 Å². The van der Waals surface area contributed by atoms with Crippen molar-refractivity contribution in [1.29, 1.82) is 0 Å². The molecule has 1 aromatic rings. The molecule has 1 atom stereocenters. The summed E-state index contributed by atoms with van der Waals surface area (Å²) in [6, 6.07) is 3.35. The fourth-order valence-electron chi connectivity index (χ4n) is 2.59. The smallest absolute Gasteiger partial charge is 0.134 e. The lowest BCUT2D eigenvalue weighted by atomic mass is 9.81. The molecule has 5 heteroatoms. The van der Waals surface area contributed by atoms with Crippen LogP contribution in [-0.4, -0.2) is 5.11 Å². The zero-order valence-electron chi connectivity index (χ0n) is 10.0. The van der Waals surface area contributed by atoms with E-state index in [4.69, 9.17) is 17.3 Å². The van der Waals surface area contributed by atoms with E-state index in [0.717, 1.165) is 18.4 Å². The average molecular weight is 355 g/mol. The third kappa shape index (κ3) is 3.53. The van der Waals surface area contributed by atoms with Gasteiger partial charge in [0.05, 0.1) is 4.47 Å². The number of hydrogen-bond donors (Lipinski definition) is 2. The molecule has 1 aliphatic carbocycles. The molecule has 102 valence electrons. The van der Waals surface area contributed by atoms with Gasteiger partial charge in [0.15, 0.2) is 0 Å². The largest absolute Gasteiger partial charge is 0.506 e. The van der Waals surface area contributed by atoms with Gasteiger partial charge in [0.25, 0.3) is 0 Å². The average Bonchev–Trinajstić information content (AvgIpc) is 2.34. The zero-order chi connectivity index (χ0) is 12.4. The SMILES string of the molecule is Cl.N[C@@H](c1cc(Cl)cc(Br)c1O)C1CCCCC1. The minimum absolute atomic E-state index is 0. The van der Waals surface area contributed by atoms with Crippen molar-refractivity contribution in [2.45, 2.75) is 38.1 Å². The van der Waals surface area contributed by atoms with E-state index in [2.05, 4.69) is 15.9 Å². The Morgan fingerprint density at radius 2 is 1.89 bits per heavy atom. The Kier molecular flexibility index (Phi) is 6.25. The number of nitrogens with two attached hydrogens (primary N) is 1. The third-order valence-corrected chi connectivity index (χ3v) is 4.40. The maximum atomic E-state index is 10.0.